The predicted molar refractivity (Wildman–Crippen MR) is 101 cm³/mol. The van der Waals surface area contributed by atoms with E-state index in [9.17, 15) is 9.18 Å². The van der Waals surface area contributed by atoms with E-state index >= 15 is 0 Å². The fraction of sp³-hybridized carbons (Fsp3) is 0.562. The third-order valence-corrected chi connectivity index (χ3v) is 3.81. The van der Waals surface area contributed by atoms with E-state index in [-0.39, 0.29) is 55.9 Å². The lowest BCUT2D eigenvalue weighted by Crippen LogP contribution is -2.28. The Balaban J connectivity index is 0.00000288. The molecule has 0 saturated carbocycles. The molecule has 9 heteroatoms. The Morgan fingerprint density at radius 3 is 2.80 bits per heavy atom. The molecular formula is C16H26Cl2FN3O3. The molecule has 1 aromatic carbocycles. The van der Waals surface area contributed by atoms with E-state index in [4.69, 9.17) is 15.2 Å². The molecule has 2 unspecified atom stereocenters. The monoisotopic (exact) mass is 397 g/mol. The van der Waals surface area contributed by atoms with Crippen molar-refractivity contribution in [1.82, 2.24) is 0 Å². The molecule has 1 aromatic rings. The first-order valence-electron chi connectivity index (χ1n) is 7.80. The van der Waals surface area contributed by atoms with Gasteiger partial charge in [0.05, 0.1) is 24.3 Å². The summed E-state index contributed by atoms with van der Waals surface area (Å²) in [7, 11) is 1.50. The van der Waals surface area contributed by atoms with Crippen molar-refractivity contribution in [2.45, 2.75) is 31.5 Å². The van der Waals surface area contributed by atoms with Gasteiger partial charge in [0, 0.05) is 32.5 Å². The largest absolute Gasteiger partial charge is 0.380 e. The molecule has 1 amide bonds. The summed E-state index contributed by atoms with van der Waals surface area (Å²) < 4.78 is 24.6. The number of hydrogen-bond acceptors (Lipinski definition) is 5. The molecule has 0 aliphatic carbocycles. The van der Waals surface area contributed by atoms with E-state index in [2.05, 4.69) is 10.6 Å². The smallest absolute Gasteiger partial charge is 0.227 e. The van der Waals surface area contributed by atoms with Crippen LogP contribution < -0.4 is 16.4 Å². The number of rotatable bonds is 8. The zero-order valence-electron chi connectivity index (χ0n) is 14.1. The van der Waals surface area contributed by atoms with Gasteiger partial charge in [-0.1, -0.05) is 0 Å². The normalized spacial score (nSPS) is 17.2. The Bertz CT molecular complexity index is 527. The van der Waals surface area contributed by atoms with E-state index in [1.807, 2.05) is 0 Å². The zero-order valence-corrected chi connectivity index (χ0v) is 15.8. The number of methoxy groups -OCH3 is 1. The van der Waals surface area contributed by atoms with Gasteiger partial charge in [0.25, 0.3) is 0 Å². The maximum absolute atomic E-state index is 14.1. The molecule has 2 atom stereocenters. The Labute approximate surface area is 159 Å². The summed E-state index contributed by atoms with van der Waals surface area (Å²) in [5, 5.41) is 5.68. The number of amides is 1. The van der Waals surface area contributed by atoms with Crippen LogP contribution in [0.15, 0.2) is 18.2 Å². The molecule has 0 radical (unpaired) electrons. The van der Waals surface area contributed by atoms with E-state index in [1.54, 1.807) is 12.1 Å². The van der Waals surface area contributed by atoms with Gasteiger partial charge in [0.2, 0.25) is 5.91 Å². The van der Waals surface area contributed by atoms with Gasteiger partial charge in [-0.3, -0.25) is 4.79 Å². The second-order valence-corrected chi connectivity index (χ2v) is 5.56. The lowest BCUT2D eigenvalue weighted by Gasteiger charge is -2.14. The first-order chi connectivity index (χ1) is 11.1. The Morgan fingerprint density at radius 2 is 2.24 bits per heavy atom. The van der Waals surface area contributed by atoms with Crippen molar-refractivity contribution in [3.63, 3.8) is 0 Å². The summed E-state index contributed by atoms with van der Waals surface area (Å²) in [6.07, 6.45) is 1.96. The molecule has 6 nitrogen and oxygen atoms in total. The van der Waals surface area contributed by atoms with Gasteiger partial charge in [-0.05, 0) is 31.0 Å². The minimum atomic E-state index is -0.414. The second kappa shape index (κ2) is 12.3. The van der Waals surface area contributed by atoms with Crippen LogP contribution in [0.4, 0.5) is 15.8 Å². The SMILES string of the molecule is COC(CN)CC(=O)Nc1ccc(NCC2CCCO2)c(F)c1.Cl.Cl. The topological polar surface area (TPSA) is 85.6 Å². The minimum Gasteiger partial charge on any atom is -0.380 e. The summed E-state index contributed by atoms with van der Waals surface area (Å²) in [5.41, 5.74) is 6.27. The van der Waals surface area contributed by atoms with E-state index in [0.717, 1.165) is 19.4 Å². The molecule has 1 aliphatic rings. The van der Waals surface area contributed by atoms with Crippen molar-refractivity contribution in [1.29, 1.82) is 0 Å². The van der Waals surface area contributed by atoms with Crippen LogP contribution in [-0.2, 0) is 14.3 Å². The molecule has 2 rings (SSSR count). The van der Waals surface area contributed by atoms with E-state index in [0.29, 0.717) is 17.9 Å². The van der Waals surface area contributed by atoms with Crippen molar-refractivity contribution < 1.29 is 18.7 Å². The summed E-state index contributed by atoms with van der Waals surface area (Å²) in [6, 6.07) is 4.56. The maximum Gasteiger partial charge on any atom is 0.227 e. The molecule has 0 aromatic heterocycles. The Morgan fingerprint density at radius 1 is 1.48 bits per heavy atom. The number of nitrogens with two attached hydrogens (primary N) is 1. The lowest BCUT2D eigenvalue weighted by atomic mass is 10.2. The number of nitrogens with one attached hydrogen (secondary N) is 2. The van der Waals surface area contributed by atoms with Gasteiger partial charge in [0.15, 0.2) is 0 Å². The average Bonchev–Trinajstić information content (AvgIpc) is 3.05. The van der Waals surface area contributed by atoms with Crippen molar-refractivity contribution >= 4 is 42.1 Å². The van der Waals surface area contributed by atoms with E-state index in [1.165, 1.54) is 13.2 Å². The number of hydrogen-bond donors (Lipinski definition) is 3. The Kier molecular flexibility index (Phi) is 11.7. The van der Waals surface area contributed by atoms with Gasteiger partial charge in [-0.15, -0.1) is 24.8 Å². The van der Waals surface area contributed by atoms with Crippen LogP contribution in [0.25, 0.3) is 0 Å². The van der Waals surface area contributed by atoms with E-state index < -0.39 is 5.82 Å². The zero-order chi connectivity index (χ0) is 16.7. The van der Waals surface area contributed by atoms with Gasteiger partial charge in [-0.2, -0.15) is 0 Å². The highest BCUT2D eigenvalue weighted by molar-refractivity contribution is 5.91. The highest BCUT2D eigenvalue weighted by atomic mass is 35.5. The lowest BCUT2D eigenvalue weighted by molar-refractivity contribution is -0.118. The third kappa shape index (κ3) is 7.75. The number of carbonyl (C=O) groups is 1. The number of benzene rings is 1. The van der Waals surface area contributed by atoms with Crippen LogP contribution in [0.1, 0.15) is 19.3 Å². The fourth-order valence-electron chi connectivity index (χ4n) is 2.45. The predicted octanol–water partition coefficient (Wildman–Crippen LogP) is 2.56. The fourth-order valence-corrected chi connectivity index (χ4v) is 2.45. The van der Waals surface area contributed by atoms with Crippen molar-refractivity contribution in [3.8, 4) is 0 Å². The third-order valence-electron chi connectivity index (χ3n) is 3.81. The number of halogens is 3. The van der Waals surface area contributed by atoms with Crippen LogP contribution in [-0.4, -0.2) is 44.9 Å². The van der Waals surface area contributed by atoms with Crippen LogP contribution in [0.3, 0.4) is 0 Å². The van der Waals surface area contributed by atoms with Gasteiger partial charge in [-0.25, -0.2) is 4.39 Å². The number of ether oxygens (including phenoxy) is 2. The molecule has 1 saturated heterocycles. The van der Waals surface area contributed by atoms with Gasteiger partial charge >= 0.3 is 0 Å². The Hall–Kier alpha value is -1.12. The van der Waals surface area contributed by atoms with Gasteiger partial charge < -0.3 is 25.8 Å². The van der Waals surface area contributed by atoms with Crippen molar-refractivity contribution in [2.75, 3.05) is 37.4 Å². The molecule has 0 bridgehead atoms. The summed E-state index contributed by atoms with van der Waals surface area (Å²) >= 11 is 0. The molecule has 4 N–H and O–H groups in total. The molecule has 1 fully saturated rings. The number of carbonyl (C=O) groups excluding carboxylic acids is 1. The van der Waals surface area contributed by atoms with Crippen LogP contribution in [0, 0.1) is 5.82 Å². The molecule has 144 valence electrons. The van der Waals surface area contributed by atoms with Crippen LogP contribution in [0.5, 0.6) is 0 Å². The summed E-state index contributed by atoms with van der Waals surface area (Å²) in [6.45, 7) is 1.60. The molecule has 25 heavy (non-hydrogen) atoms. The second-order valence-electron chi connectivity index (χ2n) is 5.56. The molecule has 1 heterocycles. The number of anilines is 2. The van der Waals surface area contributed by atoms with Crippen molar-refractivity contribution in [2.24, 2.45) is 5.73 Å². The first kappa shape index (κ1) is 23.9. The molecular weight excluding hydrogens is 372 g/mol. The average molecular weight is 398 g/mol. The standard InChI is InChI=1S/C16H24FN3O3.2ClH/c1-22-13(9-18)8-16(21)20-11-4-5-15(14(17)7-11)19-10-12-3-2-6-23-12;;/h4-5,7,12-13,19H,2-3,6,8-10,18H2,1H3,(H,20,21);2*1H. The van der Waals surface area contributed by atoms with Crippen LogP contribution in [0.2, 0.25) is 0 Å². The van der Waals surface area contributed by atoms with Crippen LogP contribution >= 0.6 is 24.8 Å². The minimum absolute atomic E-state index is 0. The molecule has 1 aliphatic heterocycles. The molecule has 0 spiro atoms. The van der Waals surface area contributed by atoms with Crippen molar-refractivity contribution in [3.05, 3.63) is 24.0 Å². The highest BCUT2D eigenvalue weighted by Gasteiger charge is 2.16. The highest BCUT2D eigenvalue weighted by Crippen LogP contribution is 2.20. The maximum atomic E-state index is 14.1. The summed E-state index contributed by atoms with van der Waals surface area (Å²) in [4.78, 5) is 11.8. The summed E-state index contributed by atoms with van der Waals surface area (Å²) in [5.74, 6) is -0.676. The first-order valence-corrected chi connectivity index (χ1v) is 7.80. The van der Waals surface area contributed by atoms with Gasteiger partial charge in [0.1, 0.15) is 5.82 Å². The quantitative estimate of drug-likeness (QED) is 0.627.